The molecular formula is C16H16N6O2. The van der Waals surface area contributed by atoms with Crippen LogP contribution in [-0.4, -0.2) is 42.3 Å². The van der Waals surface area contributed by atoms with E-state index in [0.29, 0.717) is 36.6 Å². The minimum atomic E-state index is -0.107. The van der Waals surface area contributed by atoms with Crippen molar-refractivity contribution in [3.05, 3.63) is 51.7 Å². The highest BCUT2D eigenvalue weighted by atomic mass is 16.2. The fourth-order valence-electron chi connectivity index (χ4n) is 2.97. The molecule has 0 fully saturated rings. The molecule has 0 aliphatic carbocycles. The summed E-state index contributed by atoms with van der Waals surface area (Å²) < 4.78 is 0. The van der Waals surface area contributed by atoms with Crippen LogP contribution in [0, 0.1) is 6.92 Å². The Morgan fingerprint density at radius 3 is 2.67 bits per heavy atom. The van der Waals surface area contributed by atoms with Gasteiger partial charge in [-0.1, -0.05) is 12.1 Å². The number of rotatable bonds is 2. The maximum Gasteiger partial charge on any atom is 0.254 e. The molecule has 1 amide bonds. The molecule has 8 nitrogen and oxygen atoms in total. The van der Waals surface area contributed by atoms with E-state index in [9.17, 15) is 9.59 Å². The number of aromatic amines is 1. The van der Waals surface area contributed by atoms with Gasteiger partial charge in [0, 0.05) is 12.1 Å². The number of aromatic nitrogens is 5. The molecule has 0 saturated carbocycles. The first kappa shape index (κ1) is 14.6. The predicted molar refractivity (Wildman–Crippen MR) is 86.2 cm³/mol. The van der Waals surface area contributed by atoms with E-state index in [1.165, 1.54) is 4.80 Å². The van der Waals surface area contributed by atoms with Crippen LogP contribution in [0.5, 0.6) is 0 Å². The van der Waals surface area contributed by atoms with Gasteiger partial charge in [-0.25, -0.2) is 4.98 Å². The monoisotopic (exact) mass is 324 g/mol. The van der Waals surface area contributed by atoms with Crippen LogP contribution in [0.1, 0.15) is 17.1 Å². The Morgan fingerprint density at radius 2 is 1.96 bits per heavy atom. The highest BCUT2D eigenvalue weighted by Gasteiger charge is 2.24. The lowest BCUT2D eigenvalue weighted by Gasteiger charge is -2.27. The molecule has 1 N–H and O–H groups in total. The fourth-order valence-corrected chi connectivity index (χ4v) is 2.97. The van der Waals surface area contributed by atoms with E-state index in [0.717, 1.165) is 11.0 Å². The molecule has 1 aliphatic rings. The van der Waals surface area contributed by atoms with Crippen LogP contribution in [0.25, 0.3) is 11.0 Å². The van der Waals surface area contributed by atoms with Crippen LogP contribution in [0.4, 0.5) is 0 Å². The molecule has 0 bridgehead atoms. The SMILES string of the molecule is Cc1nc2c(c(=O)[nH]1)CCN(C(=O)Cn1nc3ccccc3n1)C2. The zero-order chi connectivity index (χ0) is 16.7. The Bertz CT molecular complexity index is 957. The summed E-state index contributed by atoms with van der Waals surface area (Å²) in [4.78, 5) is 34.6. The first-order chi connectivity index (χ1) is 11.6. The molecule has 0 saturated heterocycles. The van der Waals surface area contributed by atoms with Crippen molar-refractivity contribution in [1.29, 1.82) is 0 Å². The Balaban J connectivity index is 1.54. The normalized spacial score (nSPS) is 14.0. The van der Waals surface area contributed by atoms with Crippen molar-refractivity contribution in [2.24, 2.45) is 0 Å². The van der Waals surface area contributed by atoms with Gasteiger partial charge in [-0.2, -0.15) is 15.0 Å². The van der Waals surface area contributed by atoms with Crippen molar-refractivity contribution in [2.45, 2.75) is 26.4 Å². The quantitative estimate of drug-likeness (QED) is 0.736. The van der Waals surface area contributed by atoms with Crippen molar-refractivity contribution >= 4 is 16.9 Å². The molecule has 1 aromatic carbocycles. The van der Waals surface area contributed by atoms with Gasteiger partial charge in [0.05, 0.1) is 12.2 Å². The number of fused-ring (bicyclic) bond motifs is 2. The summed E-state index contributed by atoms with van der Waals surface area (Å²) in [5, 5.41) is 8.62. The average Bonchev–Trinajstić information content (AvgIpc) is 2.96. The molecule has 8 heteroatoms. The van der Waals surface area contributed by atoms with E-state index in [1.54, 1.807) is 11.8 Å². The average molecular weight is 324 g/mol. The van der Waals surface area contributed by atoms with Crippen molar-refractivity contribution in [1.82, 2.24) is 29.9 Å². The second kappa shape index (κ2) is 5.55. The number of hydrogen-bond donors (Lipinski definition) is 1. The van der Waals surface area contributed by atoms with Gasteiger partial charge in [0.2, 0.25) is 5.91 Å². The van der Waals surface area contributed by atoms with E-state index in [1.807, 2.05) is 24.3 Å². The Labute approximate surface area is 137 Å². The summed E-state index contributed by atoms with van der Waals surface area (Å²) in [6.45, 7) is 2.66. The lowest BCUT2D eigenvalue weighted by Crippen LogP contribution is -2.41. The molecule has 0 spiro atoms. The Morgan fingerprint density at radius 1 is 1.25 bits per heavy atom. The number of amides is 1. The number of nitrogens with zero attached hydrogens (tertiary/aromatic N) is 5. The van der Waals surface area contributed by atoms with Crippen LogP contribution >= 0.6 is 0 Å². The third-order valence-electron chi connectivity index (χ3n) is 4.15. The zero-order valence-electron chi connectivity index (χ0n) is 13.2. The topological polar surface area (TPSA) is 96.8 Å². The van der Waals surface area contributed by atoms with Gasteiger partial charge < -0.3 is 9.88 Å². The summed E-state index contributed by atoms with van der Waals surface area (Å²) in [5.74, 6) is 0.480. The largest absolute Gasteiger partial charge is 0.335 e. The number of hydrogen-bond acceptors (Lipinski definition) is 5. The molecule has 3 heterocycles. The highest BCUT2D eigenvalue weighted by Crippen LogP contribution is 2.14. The molecular weight excluding hydrogens is 308 g/mol. The minimum Gasteiger partial charge on any atom is -0.335 e. The van der Waals surface area contributed by atoms with Crippen molar-refractivity contribution in [3.63, 3.8) is 0 Å². The number of aryl methyl sites for hydroxylation is 1. The van der Waals surface area contributed by atoms with Gasteiger partial charge in [0.15, 0.2) is 0 Å². The van der Waals surface area contributed by atoms with Crippen LogP contribution < -0.4 is 5.56 Å². The van der Waals surface area contributed by atoms with Crippen molar-refractivity contribution in [2.75, 3.05) is 6.54 Å². The smallest absolute Gasteiger partial charge is 0.254 e. The predicted octanol–water partition coefficient (Wildman–Crippen LogP) is 0.408. The standard InChI is InChI=1S/C16H16N6O2/c1-10-17-14-8-21(7-6-11(14)16(24)18-10)15(23)9-22-19-12-4-2-3-5-13(12)20-22/h2-5H,6-9H2,1H3,(H,17,18,24). The first-order valence-corrected chi connectivity index (χ1v) is 7.76. The molecule has 4 rings (SSSR count). The zero-order valence-corrected chi connectivity index (χ0v) is 13.2. The summed E-state index contributed by atoms with van der Waals surface area (Å²) in [6, 6.07) is 7.49. The molecule has 2 aromatic heterocycles. The summed E-state index contributed by atoms with van der Waals surface area (Å²) >= 11 is 0. The minimum absolute atomic E-state index is 0.0756. The van der Waals surface area contributed by atoms with Gasteiger partial charge in [0.25, 0.3) is 5.56 Å². The lowest BCUT2D eigenvalue weighted by atomic mass is 10.1. The molecule has 0 radical (unpaired) electrons. The van der Waals surface area contributed by atoms with Crippen molar-refractivity contribution < 1.29 is 4.79 Å². The van der Waals surface area contributed by atoms with E-state index >= 15 is 0 Å². The number of nitrogens with one attached hydrogen (secondary N) is 1. The summed E-state index contributed by atoms with van der Waals surface area (Å²) in [7, 11) is 0. The number of H-pyrrole nitrogens is 1. The second-order valence-electron chi connectivity index (χ2n) is 5.86. The van der Waals surface area contributed by atoms with Crippen LogP contribution in [-0.2, 0) is 24.3 Å². The fraction of sp³-hybridized carbons (Fsp3) is 0.312. The van der Waals surface area contributed by atoms with Crippen molar-refractivity contribution in [3.8, 4) is 0 Å². The van der Waals surface area contributed by atoms with Crippen LogP contribution in [0.3, 0.4) is 0 Å². The van der Waals surface area contributed by atoms with E-state index in [2.05, 4.69) is 20.2 Å². The number of carbonyl (C=O) groups is 1. The van der Waals surface area contributed by atoms with Crippen LogP contribution in [0.15, 0.2) is 29.1 Å². The Hall–Kier alpha value is -3.03. The second-order valence-corrected chi connectivity index (χ2v) is 5.86. The van der Waals surface area contributed by atoms with E-state index < -0.39 is 0 Å². The van der Waals surface area contributed by atoms with Gasteiger partial charge >= 0.3 is 0 Å². The van der Waals surface area contributed by atoms with Gasteiger partial charge in [0.1, 0.15) is 23.4 Å². The lowest BCUT2D eigenvalue weighted by molar-refractivity contribution is -0.133. The molecule has 24 heavy (non-hydrogen) atoms. The highest BCUT2D eigenvalue weighted by molar-refractivity contribution is 5.77. The maximum atomic E-state index is 12.5. The molecule has 3 aromatic rings. The molecule has 122 valence electrons. The number of benzene rings is 1. The van der Waals surface area contributed by atoms with E-state index in [-0.39, 0.29) is 18.0 Å². The van der Waals surface area contributed by atoms with Gasteiger partial charge in [-0.15, -0.1) is 0 Å². The Kier molecular flexibility index (Phi) is 3.37. The molecule has 0 unspecified atom stereocenters. The maximum absolute atomic E-state index is 12.5. The van der Waals surface area contributed by atoms with Gasteiger partial charge in [-0.05, 0) is 25.5 Å². The molecule has 0 atom stereocenters. The molecule has 1 aliphatic heterocycles. The third-order valence-corrected chi connectivity index (χ3v) is 4.15. The van der Waals surface area contributed by atoms with Gasteiger partial charge in [-0.3, -0.25) is 9.59 Å². The first-order valence-electron chi connectivity index (χ1n) is 7.76. The third kappa shape index (κ3) is 2.55. The number of carbonyl (C=O) groups excluding carboxylic acids is 1. The summed E-state index contributed by atoms with van der Waals surface area (Å²) in [5.41, 5.74) is 2.77. The van der Waals surface area contributed by atoms with Crippen LogP contribution in [0.2, 0.25) is 0 Å². The van der Waals surface area contributed by atoms with E-state index in [4.69, 9.17) is 0 Å². The summed E-state index contributed by atoms with van der Waals surface area (Å²) in [6.07, 6.45) is 0.512.